The van der Waals surface area contributed by atoms with Gasteiger partial charge in [-0.2, -0.15) is 0 Å². The van der Waals surface area contributed by atoms with Crippen molar-refractivity contribution >= 4 is 11.5 Å². The Bertz CT molecular complexity index is 635. The van der Waals surface area contributed by atoms with Gasteiger partial charge in [-0.3, -0.25) is 0 Å². The van der Waals surface area contributed by atoms with Crippen molar-refractivity contribution in [1.82, 2.24) is 0 Å². The van der Waals surface area contributed by atoms with Gasteiger partial charge in [0.2, 0.25) is 0 Å². The minimum Gasteiger partial charge on any atom is -0.459 e. The van der Waals surface area contributed by atoms with E-state index in [0.29, 0.717) is 5.56 Å². The van der Waals surface area contributed by atoms with Crippen molar-refractivity contribution in [2.45, 2.75) is 97.0 Å². The standard InChI is InChI=1S/C26H38O2/c1-3-5-7-21-8-12-22(13-9-21)23-14-16-24(17-15-23)26(27)28-25-18-10-20(6-4-2)11-19-25/h12,14-17,20-21,25H,3-11,13,18-19H2,1-2H3. The predicted molar refractivity (Wildman–Crippen MR) is 117 cm³/mol. The number of hydrogen-bond acceptors (Lipinski definition) is 2. The maximum Gasteiger partial charge on any atom is 0.338 e. The van der Waals surface area contributed by atoms with Crippen molar-refractivity contribution in [3.05, 3.63) is 41.5 Å². The second kappa shape index (κ2) is 10.8. The SMILES string of the molecule is CCCCC1CC=C(c2ccc(C(=O)OC3CCC(CCC)CC3)cc2)CC1. The van der Waals surface area contributed by atoms with Crippen LogP contribution in [0.3, 0.4) is 0 Å². The molecule has 0 amide bonds. The lowest BCUT2D eigenvalue weighted by Gasteiger charge is -2.28. The van der Waals surface area contributed by atoms with Crippen LogP contribution in [0, 0.1) is 11.8 Å². The van der Waals surface area contributed by atoms with Gasteiger partial charge in [-0.05, 0) is 80.1 Å². The van der Waals surface area contributed by atoms with Crippen LogP contribution in [0.5, 0.6) is 0 Å². The Labute approximate surface area is 171 Å². The summed E-state index contributed by atoms with van der Waals surface area (Å²) in [6.45, 7) is 4.53. The van der Waals surface area contributed by atoms with Gasteiger partial charge in [0, 0.05) is 0 Å². The summed E-state index contributed by atoms with van der Waals surface area (Å²) in [6.07, 6.45) is 17.3. The van der Waals surface area contributed by atoms with Gasteiger partial charge in [0.25, 0.3) is 0 Å². The number of carbonyl (C=O) groups is 1. The minimum atomic E-state index is -0.150. The summed E-state index contributed by atoms with van der Waals surface area (Å²) in [4.78, 5) is 12.5. The largest absolute Gasteiger partial charge is 0.459 e. The molecule has 154 valence electrons. The summed E-state index contributed by atoms with van der Waals surface area (Å²) in [5.41, 5.74) is 3.41. The highest BCUT2D eigenvalue weighted by atomic mass is 16.5. The van der Waals surface area contributed by atoms with E-state index >= 15 is 0 Å². The van der Waals surface area contributed by atoms with Crippen LogP contribution < -0.4 is 0 Å². The first-order valence-electron chi connectivity index (χ1n) is 11.7. The van der Waals surface area contributed by atoms with Crippen LogP contribution in [-0.4, -0.2) is 12.1 Å². The van der Waals surface area contributed by atoms with Crippen molar-refractivity contribution in [2.24, 2.45) is 11.8 Å². The average Bonchev–Trinajstić information content (AvgIpc) is 2.74. The van der Waals surface area contributed by atoms with Gasteiger partial charge in [0.05, 0.1) is 5.56 Å². The Kier molecular flexibility index (Phi) is 8.18. The zero-order valence-corrected chi connectivity index (χ0v) is 17.9. The lowest BCUT2D eigenvalue weighted by Crippen LogP contribution is -2.24. The molecule has 1 aromatic rings. The molecule has 1 fully saturated rings. The molecule has 0 heterocycles. The van der Waals surface area contributed by atoms with Crippen LogP contribution in [0.2, 0.25) is 0 Å². The first kappa shape index (κ1) is 21.1. The van der Waals surface area contributed by atoms with Crippen LogP contribution in [0.15, 0.2) is 30.3 Å². The van der Waals surface area contributed by atoms with Gasteiger partial charge in [0.1, 0.15) is 6.10 Å². The minimum absolute atomic E-state index is 0.112. The van der Waals surface area contributed by atoms with E-state index in [0.717, 1.165) is 24.7 Å². The summed E-state index contributed by atoms with van der Waals surface area (Å²) in [6, 6.07) is 8.11. The first-order chi connectivity index (χ1) is 13.7. The molecule has 0 spiro atoms. The normalized spacial score (nSPS) is 25.2. The molecule has 0 aliphatic heterocycles. The molecule has 2 aliphatic rings. The van der Waals surface area contributed by atoms with Gasteiger partial charge in [-0.25, -0.2) is 4.79 Å². The Morgan fingerprint density at radius 2 is 1.68 bits per heavy atom. The van der Waals surface area contributed by atoms with Crippen molar-refractivity contribution in [3.8, 4) is 0 Å². The van der Waals surface area contributed by atoms with Crippen LogP contribution in [0.25, 0.3) is 5.57 Å². The topological polar surface area (TPSA) is 26.3 Å². The molecule has 0 N–H and O–H groups in total. The second-order valence-electron chi connectivity index (χ2n) is 8.93. The number of esters is 1. The molecule has 28 heavy (non-hydrogen) atoms. The van der Waals surface area contributed by atoms with E-state index in [4.69, 9.17) is 4.74 Å². The predicted octanol–water partition coefficient (Wildman–Crippen LogP) is 7.58. The second-order valence-corrected chi connectivity index (χ2v) is 8.93. The number of ether oxygens (including phenoxy) is 1. The van der Waals surface area contributed by atoms with Crippen molar-refractivity contribution in [3.63, 3.8) is 0 Å². The van der Waals surface area contributed by atoms with Gasteiger partial charge >= 0.3 is 5.97 Å². The van der Waals surface area contributed by atoms with E-state index in [1.165, 1.54) is 75.3 Å². The van der Waals surface area contributed by atoms with E-state index < -0.39 is 0 Å². The fourth-order valence-corrected chi connectivity index (χ4v) is 4.89. The molecular formula is C26H38O2. The van der Waals surface area contributed by atoms with Gasteiger partial charge in [-0.1, -0.05) is 64.2 Å². The molecule has 0 radical (unpaired) electrons. The van der Waals surface area contributed by atoms with Crippen molar-refractivity contribution < 1.29 is 9.53 Å². The highest BCUT2D eigenvalue weighted by Gasteiger charge is 2.24. The van der Waals surface area contributed by atoms with E-state index in [1.54, 1.807) is 0 Å². The van der Waals surface area contributed by atoms with E-state index in [-0.39, 0.29) is 12.1 Å². The third-order valence-electron chi connectivity index (χ3n) is 6.74. The third-order valence-corrected chi connectivity index (χ3v) is 6.74. The highest BCUT2D eigenvalue weighted by Crippen LogP contribution is 2.33. The summed E-state index contributed by atoms with van der Waals surface area (Å²) in [5, 5.41) is 0. The Morgan fingerprint density at radius 1 is 0.929 bits per heavy atom. The molecule has 3 rings (SSSR count). The Balaban J connectivity index is 1.49. The molecule has 2 nitrogen and oxygen atoms in total. The average molecular weight is 383 g/mol. The molecular weight excluding hydrogens is 344 g/mol. The monoisotopic (exact) mass is 382 g/mol. The van der Waals surface area contributed by atoms with E-state index in [1.807, 2.05) is 12.1 Å². The quantitative estimate of drug-likeness (QED) is 0.433. The number of carbonyl (C=O) groups excluding carboxylic acids is 1. The molecule has 0 saturated heterocycles. The number of hydrogen-bond donors (Lipinski definition) is 0. The first-order valence-corrected chi connectivity index (χ1v) is 11.7. The molecule has 0 bridgehead atoms. The fraction of sp³-hybridized carbons (Fsp3) is 0.654. The number of unbranched alkanes of at least 4 members (excludes halogenated alkanes) is 1. The van der Waals surface area contributed by atoms with Crippen LogP contribution >= 0.6 is 0 Å². The molecule has 1 saturated carbocycles. The maximum atomic E-state index is 12.5. The lowest BCUT2D eigenvalue weighted by molar-refractivity contribution is 0.0161. The van der Waals surface area contributed by atoms with Crippen LogP contribution in [-0.2, 0) is 4.74 Å². The van der Waals surface area contributed by atoms with E-state index in [9.17, 15) is 4.79 Å². The molecule has 1 unspecified atom stereocenters. The van der Waals surface area contributed by atoms with Gasteiger partial charge < -0.3 is 4.74 Å². The summed E-state index contributed by atoms with van der Waals surface area (Å²) >= 11 is 0. The molecule has 2 heteroatoms. The summed E-state index contributed by atoms with van der Waals surface area (Å²) in [5.74, 6) is 1.55. The summed E-state index contributed by atoms with van der Waals surface area (Å²) in [7, 11) is 0. The number of rotatable bonds is 8. The Hall–Kier alpha value is -1.57. The molecule has 1 atom stereocenters. The zero-order valence-electron chi connectivity index (χ0n) is 17.9. The summed E-state index contributed by atoms with van der Waals surface area (Å²) < 4.78 is 5.79. The molecule has 2 aliphatic carbocycles. The smallest absolute Gasteiger partial charge is 0.338 e. The van der Waals surface area contributed by atoms with Crippen LogP contribution in [0.4, 0.5) is 0 Å². The van der Waals surface area contributed by atoms with Crippen LogP contribution in [0.1, 0.15) is 107 Å². The molecule has 0 aromatic heterocycles. The number of allylic oxidation sites excluding steroid dienone is 2. The lowest BCUT2D eigenvalue weighted by atomic mass is 9.84. The highest BCUT2D eigenvalue weighted by molar-refractivity contribution is 5.90. The maximum absolute atomic E-state index is 12.5. The number of benzene rings is 1. The fourth-order valence-electron chi connectivity index (χ4n) is 4.89. The molecule has 1 aromatic carbocycles. The van der Waals surface area contributed by atoms with Gasteiger partial charge in [-0.15, -0.1) is 0 Å². The van der Waals surface area contributed by atoms with E-state index in [2.05, 4.69) is 32.1 Å². The van der Waals surface area contributed by atoms with Crippen molar-refractivity contribution in [2.75, 3.05) is 0 Å². The van der Waals surface area contributed by atoms with Crippen molar-refractivity contribution in [1.29, 1.82) is 0 Å². The Morgan fingerprint density at radius 3 is 2.29 bits per heavy atom. The van der Waals surface area contributed by atoms with Gasteiger partial charge in [0.15, 0.2) is 0 Å². The third kappa shape index (κ3) is 5.96. The zero-order chi connectivity index (χ0) is 19.8.